The van der Waals surface area contributed by atoms with E-state index < -0.39 is 0 Å². The first kappa shape index (κ1) is 16.0. The Morgan fingerprint density at radius 1 is 1.57 bits per heavy atom. The third kappa shape index (κ3) is 3.64. The van der Waals surface area contributed by atoms with Crippen molar-refractivity contribution in [2.75, 3.05) is 13.1 Å². The SMILES string of the molecule is Cl.Cn1cc([C@H]2CNC[C@@H]2C(=O)NCc2ccsc2)cn1. The molecule has 1 aliphatic rings. The third-order valence-electron chi connectivity index (χ3n) is 3.75. The quantitative estimate of drug-likeness (QED) is 0.895. The Morgan fingerprint density at radius 2 is 2.43 bits per heavy atom. The Bertz CT molecular complexity index is 584. The number of rotatable bonds is 4. The van der Waals surface area contributed by atoms with Crippen LogP contribution in [-0.4, -0.2) is 28.8 Å². The molecule has 2 atom stereocenters. The molecular weight excluding hydrogens is 308 g/mol. The van der Waals surface area contributed by atoms with Crippen LogP contribution in [0.25, 0.3) is 0 Å². The highest BCUT2D eigenvalue weighted by molar-refractivity contribution is 7.07. The van der Waals surface area contributed by atoms with Crippen LogP contribution >= 0.6 is 23.7 Å². The first-order valence-electron chi connectivity index (χ1n) is 6.72. The second kappa shape index (κ2) is 7.06. The van der Waals surface area contributed by atoms with Crippen LogP contribution in [0.15, 0.2) is 29.2 Å². The summed E-state index contributed by atoms with van der Waals surface area (Å²) in [7, 11) is 1.90. The van der Waals surface area contributed by atoms with Gasteiger partial charge >= 0.3 is 0 Å². The van der Waals surface area contributed by atoms with E-state index in [0.717, 1.165) is 24.2 Å². The van der Waals surface area contributed by atoms with Crippen LogP contribution in [0.5, 0.6) is 0 Å². The summed E-state index contributed by atoms with van der Waals surface area (Å²) in [5, 5.41) is 14.6. The van der Waals surface area contributed by atoms with Gasteiger partial charge in [-0.3, -0.25) is 9.48 Å². The van der Waals surface area contributed by atoms with Gasteiger partial charge in [0.05, 0.1) is 12.1 Å². The van der Waals surface area contributed by atoms with Crippen LogP contribution in [0, 0.1) is 5.92 Å². The van der Waals surface area contributed by atoms with E-state index >= 15 is 0 Å². The highest BCUT2D eigenvalue weighted by Crippen LogP contribution is 2.27. The maximum atomic E-state index is 12.4. The summed E-state index contributed by atoms with van der Waals surface area (Å²) in [6.07, 6.45) is 3.85. The van der Waals surface area contributed by atoms with Crippen LogP contribution in [0.1, 0.15) is 17.0 Å². The van der Waals surface area contributed by atoms with Crippen molar-refractivity contribution in [1.29, 1.82) is 0 Å². The number of nitrogens with one attached hydrogen (secondary N) is 2. The highest BCUT2D eigenvalue weighted by Gasteiger charge is 2.34. The van der Waals surface area contributed by atoms with Gasteiger partial charge in [-0.25, -0.2) is 0 Å². The summed E-state index contributed by atoms with van der Waals surface area (Å²) in [4.78, 5) is 12.4. The number of hydrogen-bond donors (Lipinski definition) is 2. The van der Waals surface area contributed by atoms with Crippen LogP contribution < -0.4 is 10.6 Å². The minimum atomic E-state index is -0.0159. The fraction of sp³-hybridized carbons (Fsp3) is 0.429. The molecule has 0 aromatic carbocycles. The van der Waals surface area contributed by atoms with Crippen molar-refractivity contribution in [2.45, 2.75) is 12.5 Å². The van der Waals surface area contributed by atoms with Gasteiger partial charge in [-0.2, -0.15) is 16.4 Å². The molecule has 0 aliphatic carbocycles. The van der Waals surface area contributed by atoms with Crippen LogP contribution in [0.2, 0.25) is 0 Å². The molecule has 21 heavy (non-hydrogen) atoms. The van der Waals surface area contributed by atoms with E-state index in [1.54, 1.807) is 16.0 Å². The Morgan fingerprint density at radius 3 is 3.10 bits per heavy atom. The van der Waals surface area contributed by atoms with Gasteiger partial charge in [-0.1, -0.05) is 0 Å². The predicted molar refractivity (Wildman–Crippen MR) is 85.7 cm³/mol. The van der Waals surface area contributed by atoms with Crippen molar-refractivity contribution in [3.8, 4) is 0 Å². The van der Waals surface area contributed by atoms with E-state index in [-0.39, 0.29) is 30.2 Å². The summed E-state index contributed by atoms with van der Waals surface area (Å²) in [5.74, 6) is 0.319. The molecule has 0 radical (unpaired) electrons. The number of aryl methyl sites for hydroxylation is 1. The zero-order valence-corrected chi connectivity index (χ0v) is 13.4. The number of aromatic nitrogens is 2. The predicted octanol–water partition coefficient (Wildman–Crippen LogP) is 1.52. The summed E-state index contributed by atoms with van der Waals surface area (Å²) < 4.78 is 1.79. The number of halogens is 1. The lowest BCUT2D eigenvalue weighted by atomic mass is 9.90. The molecule has 2 aromatic heterocycles. The highest BCUT2D eigenvalue weighted by atomic mass is 35.5. The lowest BCUT2D eigenvalue weighted by Crippen LogP contribution is -2.33. The molecule has 1 saturated heterocycles. The van der Waals surface area contributed by atoms with Crippen molar-refractivity contribution < 1.29 is 4.79 Å². The number of hydrogen-bond acceptors (Lipinski definition) is 4. The van der Waals surface area contributed by atoms with E-state index in [1.807, 2.05) is 30.9 Å². The molecular formula is C14H19ClN4OS. The summed E-state index contributed by atoms with van der Waals surface area (Å²) >= 11 is 1.65. The van der Waals surface area contributed by atoms with Crippen LogP contribution in [-0.2, 0) is 18.4 Å². The molecule has 0 unspecified atom stereocenters. The lowest BCUT2D eigenvalue weighted by Gasteiger charge is -2.16. The van der Waals surface area contributed by atoms with Gasteiger partial charge in [0.1, 0.15) is 0 Å². The Labute approximate surface area is 134 Å². The van der Waals surface area contributed by atoms with Gasteiger partial charge in [-0.15, -0.1) is 12.4 Å². The third-order valence-corrected chi connectivity index (χ3v) is 4.48. The van der Waals surface area contributed by atoms with Gasteiger partial charge in [0.25, 0.3) is 0 Å². The Kier molecular flexibility index (Phi) is 5.39. The minimum Gasteiger partial charge on any atom is -0.352 e. The largest absolute Gasteiger partial charge is 0.352 e. The number of amides is 1. The molecule has 0 bridgehead atoms. The van der Waals surface area contributed by atoms with Gasteiger partial charge in [0, 0.05) is 38.8 Å². The summed E-state index contributed by atoms with van der Waals surface area (Å²) in [6, 6.07) is 2.04. The molecule has 1 fully saturated rings. The first-order chi connectivity index (χ1) is 9.74. The molecule has 114 valence electrons. The number of carbonyl (C=O) groups is 1. The molecule has 3 heterocycles. The average molecular weight is 327 g/mol. The molecule has 2 N–H and O–H groups in total. The molecule has 1 amide bonds. The zero-order chi connectivity index (χ0) is 13.9. The monoisotopic (exact) mass is 326 g/mol. The fourth-order valence-electron chi connectivity index (χ4n) is 2.65. The maximum Gasteiger partial charge on any atom is 0.225 e. The second-order valence-corrected chi connectivity index (χ2v) is 5.95. The number of carbonyl (C=O) groups excluding carboxylic acids is 1. The van der Waals surface area contributed by atoms with Crippen molar-refractivity contribution in [3.05, 3.63) is 40.3 Å². The van der Waals surface area contributed by atoms with Crippen molar-refractivity contribution in [3.63, 3.8) is 0 Å². The molecule has 3 rings (SSSR count). The molecule has 1 aliphatic heterocycles. The molecule has 0 saturated carbocycles. The lowest BCUT2D eigenvalue weighted by molar-refractivity contribution is -0.125. The molecule has 2 aromatic rings. The van der Waals surface area contributed by atoms with Crippen molar-refractivity contribution >= 4 is 29.7 Å². The van der Waals surface area contributed by atoms with E-state index in [2.05, 4.69) is 21.1 Å². The number of thiophene rings is 1. The first-order valence-corrected chi connectivity index (χ1v) is 7.66. The molecule has 7 heteroatoms. The van der Waals surface area contributed by atoms with Crippen LogP contribution in [0.3, 0.4) is 0 Å². The number of nitrogens with zero attached hydrogens (tertiary/aromatic N) is 2. The summed E-state index contributed by atoms with van der Waals surface area (Å²) in [5.41, 5.74) is 2.29. The van der Waals surface area contributed by atoms with E-state index in [0.29, 0.717) is 6.54 Å². The average Bonchev–Trinajstić information content (AvgIpc) is 3.16. The van der Waals surface area contributed by atoms with Gasteiger partial charge < -0.3 is 10.6 Å². The molecule has 5 nitrogen and oxygen atoms in total. The topological polar surface area (TPSA) is 59.0 Å². The Balaban J connectivity index is 0.00000161. The Hall–Kier alpha value is -1.37. The standard InChI is InChI=1S/C14H18N4OS.ClH/c1-18-8-11(5-17-18)12-6-15-7-13(12)14(19)16-4-10-2-3-20-9-10;/h2-3,5,8-9,12-13,15H,4,6-7H2,1H3,(H,16,19);1H/t12-,13+;/m1./s1. The van der Waals surface area contributed by atoms with E-state index in [1.165, 1.54) is 0 Å². The van der Waals surface area contributed by atoms with Crippen molar-refractivity contribution in [1.82, 2.24) is 20.4 Å². The fourth-order valence-corrected chi connectivity index (χ4v) is 3.32. The van der Waals surface area contributed by atoms with Gasteiger partial charge in [0.2, 0.25) is 5.91 Å². The van der Waals surface area contributed by atoms with E-state index in [4.69, 9.17) is 0 Å². The second-order valence-electron chi connectivity index (χ2n) is 5.17. The zero-order valence-electron chi connectivity index (χ0n) is 11.8. The minimum absolute atomic E-state index is 0. The van der Waals surface area contributed by atoms with Gasteiger partial charge in [-0.05, 0) is 28.0 Å². The smallest absolute Gasteiger partial charge is 0.225 e. The van der Waals surface area contributed by atoms with E-state index in [9.17, 15) is 4.79 Å². The maximum absolute atomic E-state index is 12.4. The summed E-state index contributed by atoms with van der Waals surface area (Å²) in [6.45, 7) is 2.18. The van der Waals surface area contributed by atoms with Gasteiger partial charge in [0.15, 0.2) is 0 Å². The molecule has 0 spiro atoms. The van der Waals surface area contributed by atoms with Crippen molar-refractivity contribution in [2.24, 2.45) is 13.0 Å². The van der Waals surface area contributed by atoms with Crippen LogP contribution in [0.4, 0.5) is 0 Å². The normalized spacial score (nSPS) is 21.0.